The van der Waals surface area contributed by atoms with Crippen LogP contribution in [0.4, 0.5) is 0 Å². The van der Waals surface area contributed by atoms with Crippen LogP contribution in [0.25, 0.3) is 0 Å². The predicted octanol–water partition coefficient (Wildman–Crippen LogP) is -0.0271. The Labute approximate surface area is 66.5 Å². The highest BCUT2D eigenvalue weighted by atomic mass is 32.1. The molecule has 0 bridgehead atoms. The second-order valence-corrected chi connectivity index (χ2v) is 2.80. The van der Waals surface area contributed by atoms with Gasteiger partial charge in [-0.2, -0.15) is 0 Å². The van der Waals surface area contributed by atoms with Crippen molar-refractivity contribution in [2.24, 2.45) is 5.73 Å². The monoisotopic (exact) mass is 159 g/mol. The van der Waals surface area contributed by atoms with Crippen LogP contribution in [0.5, 0.6) is 0 Å². The molecule has 0 radical (unpaired) electrons. The molecule has 4 N–H and O–H groups in total. The first kappa shape index (κ1) is 7.75. The maximum absolute atomic E-state index is 5.60. The number of rotatable bonds is 1. The predicted molar refractivity (Wildman–Crippen MR) is 45.4 cm³/mol. The molecule has 0 aliphatic carbocycles. The molecule has 0 saturated heterocycles. The normalized spacial score (nSPS) is 26.4. The topological polar surface area (TPSA) is 50.1 Å². The zero-order valence-electron chi connectivity index (χ0n) is 6.02. The Morgan fingerprint density at radius 2 is 2.50 bits per heavy atom. The van der Waals surface area contributed by atoms with Crippen LogP contribution in [-0.2, 0) is 0 Å². The lowest BCUT2D eigenvalue weighted by Crippen LogP contribution is -2.45. The van der Waals surface area contributed by atoms with Crippen molar-refractivity contribution >= 4 is 12.6 Å². The zero-order valence-corrected chi connectivity index (χ0v) is 6.91. The molecule has 0 spiro atoms. The van der Waals surface area contributed by atoms with Crippen LogP contribution in [0.15, 0.2) is 10.7 Å². The van der Waals surface area contributed by atoms with Crippen molar-refractivity contribution < 1.29 is 0 Å². The summed E-state index contributed by atoms with van der Waals surface area (Å²) in [7, 11) is 0. The third-order valence-corrected chi connectivity index (χ3v) is 2.19. The Morgan fingerprint density at radius 3 is 3.00 bits per heavy atom. The number of hydrogen-bond donors (Lipinski definition) is 4. The Balaban J connectivity index is 2.68. The number of thiol groups is 1. The summed E-state index contributed by atoms with van der Waals surface area (Å²) < 4.78 is 0. The summed E-state index contributed by atoms with van der Waals surface area (Å²) in [6.07, 6.45) is 1.03. The molecule has 0 aromatic rings. The highest BCUT2D eigenvalue weighted by Gasteiger charge is 2.15. The Kier molecular flexibility index (Phi) is 2.45. The van der Waals surface area contributed by atoms with E-state index in [1.807, 2.05) is 0 Å². The van der Waals surface area contributed by atoms with Gasteiger partial charge in [-0.3, -0.25) is 5.32 Å². The van der Waals surface area contributed by atoms with Crippen molar-refractivity contribution in [3.63, 3.8) is 0 Å². The minimum absolute atomic E-state index is 0.338. The standard InChI is InChI=1S/C6H13N3S/c1-2-4-5(10)6(7)9-3-8-4/h4,8-10H,2-3,7H2,1H3. The molecular weight excluding hydrogens is 146 g/mol. The van der Waals surface area contributed by atoms with Crippen LogP contribution in [0.2, 0.25) is 0 Å². The van der Waals surface area contributed by atoms with Crippen LogP contribution >= 0.6 is 12.6 Å². The van der Waals surface area contributed by atoms with Crippen LogP contribution < -0.4 is 16.4 Å². The van der Waals surface area contributed by atoms with Crippen molar-refractivity contribution in [2.75, 3.05) is 6.67 Å². The van der Waals surface area contributed by atoms with Crippen molar-refractivity contribution in [1.82, 2.24) is 10.6 Å². The van der Waals surface area contributed by atoms with Crippen molar-refractivity contribution in [3.05, 3.63) is 10.7 Å². The van der Waals surface area contributed by atoms with E-state index in [2.05, 4.69) is 30.2 Å². The van der Waals surface area contributed by atoms with E-state index < -0.39 is 0 Å². The molecule has 58 valence electrons. The molecule has 0 aromatic heterocycles. The van der Waals surface area contributed by atoms with Gasteiger partial charge in [-0.1, -0.05) is 6.92 Å². The van der Waals surface area contributed by atoms with Gasteiger partial charge in [-0.15, -0.1) is 12.6 Å². The molecule has 0 fully saturated rings. The molecule has 4 heteroatoms. The van der Waals surface area contributed by atoms with Gasteiger partial charge in [0.15, 0.2) is 0 Å². The van der Waals surface area contributed by atoms with Crippen molar-refractivity contribution in [1.29, 1.82) is 0 Å². The van der Waals surface area contributed by atoms with E-state index in [4.69, 9.17) is 5.73 Å². The van der Waals surface area contributed by atoms with Gasteiger partial charge in [0.2, 0.25) is 0 Å². The summed E-state index contributed by atoms with van der Waals surface area (Å²) >= 11 is 4.26. The summed E-state index contributed by atoms with van der Waals surface area (Å²) in [5, 5.41) is 6.19. The molecule has 1 unspecified atom stereocenters. The minimum atomic E-state index is 0.338. The van der Waals surface area contributed by atoms with Crippen LogP contribution in [0.3, 0.4) is 0 Å². The quantitative estimate of drug-likeness (QED) is 0.406. The highest BCUT2D eigenvalue weighted by Crippen LogP contribution is 2.13. The van der Waals surface area contributed by atoms with Crippen molar-refractivity contribution in [3.8, 4) is 0 Å². The molecule has 1 aliphatic heterocycles. The maximum Gasteiger partial charge on any atom is 0.108 e. The van der Waals surface area contributed by atoms with Crippen molar-refractivity contribution in [2.45, 2.75) is 19.4 Å². The molecule has 1 aliphatic rings. The lowest BCUT2D eigenvalue weighted by Gasteiger charge is -2.25. The van der Waals surface area contributed by atoms with Gasteiger partial charge >= 0.3 is 0 Å². The van der Waals surface area contributed by atoms with Crippen LogP contribution in [-0.4, -0.2) is 12.7 Å². The van der Waals surface area contributed by atoms with E-state index >= 15 is 0 Å². The third-order valence-electron chi connectivity index (χ3n) is 1.64. The third kappa shape index (κ3) is 1.38. The van der Waals surface area contributed by atoms with Gasteiger partial charge in [0.1, 0.15) is 5.82 Å². The average Bonchev–Trinajstić information content (AvgIpc) is 1.95. The molecule has 1 atom stereocenters. The molecule has 3 nitrogen and oxygen atoms in total. The van der Waals surface area contributed by atoms with Crippen LogP contribution in [0.1, 0.15) is 13.3 Å². The fourth-order valence-electron chi connectivity index (χ4n) is 0.982. The van der Waals surface area contributed by atoms with Gasteiger partial charge in [-0.05, 0) is 6.42 Å². The van der Waals surface area contributed by atoms with E-state index in [9.17, 15) is 0 Å². The van der Waals surface area contributed by atoms with Gasteiger partial charge in [0.25, 0.3) is 0 Å². The molecule has 0 amide bonds. The summed E-state index contributed by atoms with van der Waals surface area (Å²) in [6, 6.07) is 0.338. The molecule has 1 rings (SSSR count). The largest absolute Gasteiger partial charge is 0.385 e. The van der Waals surface area contributed by atoms with E-state index in [1.165, 1.54) is 0 Å². The number of nitrogens with two attached hydrogens (primary N) is 1. The summed E-state index contributed by atoms with van der Waals surface area (Å²) in [4.78, 5) is 0.925. The Hall–Kier alpha value is -0.350. The first-order valence-electron chi connectivity index (χ1n) is 3.41. The maximum atomic E-state index is 5.60. The lowest BCUT2D eigenvalue weighted by molar-refractivity contribution is 0.507. The first-order chi connectivity index (χ1) is 4.75. The lowest BCUT2D eigenvalue weighted by atomic mass is 10.2. The Bertz CT molecular complexity index is 155. The van der Waals surface area contributed by atoms with Crippen LogP contribution in [0, 0.1) is 0 Å². The minimum Gasteiger partial charge on any atom is -0.385 e. The Morgan fingerprint density at radius 1 is 1.80 bits per heavy atom. The average molecular weight is 159 g/mol. The van der Waals surface area contributed by atoms with E-state index in [1.54, 1.807) is 0 Å². The summed E-state index contributed by atoms with van der Waals surface area (Å²) in [5.74, 6) is 0.703. The first-order valence-corrected chi connectivity index (χ1v) is 3.86. The highest BCUT2D eigenvalue weighted by molar-refractivity contribution is 7.84. The second-order valence-electron chi connectivity index (χ2n) is 2.32. The summed E-state index contributed by atoms with van der Waals surface area (Å²) in [6.45, 7) is 2.85. The van der Waals surface area contributed by atoms with E-state index in [0.717, 1.165) is 18.0 Å². The second kappa shape index (κ2) is 3.16. The smallest absolute Gasteiger partial charge is 0.108 e. The van der Waals surface area contributed by atoms with E-state index in [0.29, 0.717) is 11.9 Å². The fraction of sp³-hybridized carbons (Fsp3) is 0.667. The zero-order chi connectivity index (χ0) is 7.56. The SMILES string of the molecule is CCC1NCNC(N)=C1S. The molecule has 0 saturated carbocycles. The number of nitrogens with one attached hydrogen (secondary N) is 2. The molecule has 10 heavy (non-hydrogen) atoms. The number of hydrogen-bond acceptors (Lipinski definition) is 4. The van der Waals surface area contributed by atoms with Gasteiger partial charge in [0.05, 0.1) is 6.67 Å². The van der Waals surface area contributed by atoms with Gasteiger partial charge in [-0.25, -0.2) is 0 Å². The van der Waals surface area contributed by atoms with E-state index in [-0.39, 0.29) is 0 Å². The fourth-order valence-corrected chi connectivity index (χ4v) is 1.34. The molecule has 0 aromatic carbocycles. The summed E-state index contributed by atoms with van der Waals surface area (Å²) in [5.41, 5.74) is 5.60. The molecular formula is C6H13N3S. The molecule has 1 heterocycles. The van der Waals surface area contributed by atoms with Gasteiger partial charge in [0, 0.05) is 10.9 Å². The van der Waals surface area contributed by atoms with Gasteiger partial charge < -0.3 is 11.1 Å².